The maximum Gasteiger partial charge on any atom is 0.323 e. The fourth-order valence-corrected chi connectivity index (χ4v) is 2.05. The van der Waals surface area contributed by atoms with E-state index in [0.717, 1.165) is 19.4 Å². The summed E-state index contributed by atoms with van der Waals surface area (Å²) in [6.45, 7) is 7.92. The normalized spacial score (nSPS) is 12.0. The zero-order valence-corrected chi connectivity index (χ0v) is 13.8. The molecule has 1 atom stereocenters. The Morgan fingerprint density at radius 1 is 1.00 bits per heavy atom. The van der Waals surface area contributed by atoms with Crippen LogP contribution in [0, 0.1) is 0 Å². The lowest BCUT2D eigenvalue weighted by atomic mass is 10.5. The summed E-state index contributed by atoms with van der Waals surface area (Å²) in [5.41, 5.74) is 0. The molecule has 0 aliphatic rings. The molecule has 8 heteroatoms. The highest BCUT2D eigenvalue weighted by Gasteiger charge is 2.07. The summed E-state index contributed by atoms with van der Waals surface area (Å²) in [5, 5.41) is 6.19. The van der Waals surface area contributed by atoms with Crippen molar-refractivity contribution in [2.75, 3.05) is 41.8 Å². The van der Waals surface area contributed by atoms with Gasteiger partial charge in [-0.2, -0.15) is 15.0 Å². The van der Waals surface area contributed by atoms with E-state index in [1.807, 2.05) is 13.8 Å². The number of hydrogen-bond donors (Lipinski definition) is 2. The average molecular weight is 315 g/mol. The van der Waals surface area contributed by atoms with Crippen LogP contribution >= 0.6 is 0 Å². The van der Waals surface area contributed by atoms with Gasteiger partial charge in [-0.1, -0.05) is 20.8 Å². The molecule has 1 aromatic heterocycles. The molecule has 120 valence electrons. The van der Waals surface area contributed by atoms with Gasteiger partial charge in [0, 0.05) is 35.4 Å². The fourth-order valence-electron chi connectivity index (χ4n) is 1.43. The van der Waals surface area contributed by atoms with E-state index in [4.69, 9.17) is 4.74 Å². The fraction of sp³-hybridized carbons (Fsp3) is 0.769. The maximum atomic E-state index is 11.4. The van der Waals surface area contributed by atoms with Crippen molar-refractivity contribution in [3.63, 3.8) is 0 Å². The van der Waals surface area contributed by atoms with Crippen molar-refractivity contribution >= 4 is 22.7 Å². The van der Waals surface area contributed by atoms with Crippen LogP contribution in [0.3, 0.4) is 0 Å². The van der Waals surface area contributed by atoms with Crippen molar-refractivity contribution in [1.82, 2.24) is 15.0 Å². The first kappa shape index (κ1) is 17.6. The summed E-state index contributed by atoms with van der Waals surface area (Å²) in [6, 6.07) is 0.310. The van der Waals surface area contributed by atoms with Crippen LogP contribution in [0.15, 0.2) is 0 Å². The van der Waals surface area contributed by atoms with Crippen LogP contribution in [0.5, 0.6) is 6.01 Å². The van der Waals surface area contributed by atoms with Gasteiger partial charge in [-0.15, -0.1) is 0 Å². The summed E-state index contributed by atoms with van der Waals surface area (Å²) in [7, 11) is -0.802. The van der Waals surface area contributed by atoms with Gasteiger partial charge in [0.05, 0.1) is 6.61 Å². The van der Waals surface area contributed by atoms with Crippen LogP contribution in [0.25, 0.3) is 0 Å². The summed E-state index contributed by atoms with van der Waals surface area (Å²) in [5.74, 6) is 2.18. The van der Waals surface area contributed by atoms with E-state index in [2.05, 4.69) is 32.5 Å². The standard InChI is InChI=1S/C13H25N5O2S/c1-4-7-14-11-16-12(15-8-10-21(19)6-3)18-13(17-11)20-9-5-2/h4-10H2,1-3H3,(H2,14,15,16,17,18). The Morgan fingerprint density at radius 2 is 1.67 bits per heavy atom. The summed E-state index contributed by atoms with van der Waals surface area (Å²) in [6.07, 6.45) is 1.87. The van der Waals surface area contributed by atoms with E-state index < -0.39 is 10.8 Å². The van der Waals surface area contributed by atoms with Gasteiger partial charge in [0.1, 0.15) is 0 Å². The molecule has 0 aliphatic carbocycles. The van der Waals surface area contributed by atoms with Gasteiger partial charge < -0.3 is 15.4 Å². The third kappa shape index (κ3) is 7.22. The Labute approximate surface area is 128 Å². The second-order valence-corrected chi connectivity index (χ2v) is 6.27. The van der Waals surface area contributed by atoms with Crippen molar-refractivity contribution in [3.8, 4) is 6.01 Å². The Balaban J connectivity index is 2.68. The Kier molecular flexibility index (Phi) is 8.65. The zero-order valence-electron chi connectivity index (χ0n) is 13.0. The Bertz CT molecular complexity index is 418. The molecule has 0 aromatic carbocycles. The number of hydrogen-bond acceptors (Lipinski definition) is 7. The van der Waals surface area contributed by atoms with Gasteiger partial charge in [0.15, 0.2) is 0 Å². The van der Waals surface area contributed by atoms with Crippen LogP contribution in [-0.2, 0) is 10.8 Å². The monoisotopic (exact) mass is 315 g/mol. The number of aromatic nitrogens is 3. The number of nitrogens with one attached hydrogen (secondary N) is 2. The SMILES string of the molecule is CCCNc1nc(NCCS(=O)CC)nc(OCCC)n1. The molecule has 7 nitrogen and oxygen atoms in total. The molecule has 1 rings (SSSR count). The molecular weight excluding hydrogens is 290 g/mol. The summed E-state index contributed by atoms with van der Waals surface area (Å²) < 4.78 is 16.9. The van der Waals surface area contributed by atoms with Crippen molar-refractivity contribution in [2.45, 2.75) is 33.6 Å². The molecule has 0 bridgehead atoms. The molecule has 0 fully saturated rings. The van der Waals surface area contributed by atoms with Crippen LogP contribution in [0.2, 0.25) is 0 Å². The third-order valence-corrected chi connectivity index (χ3v) is 3.82. The topological polar surface area (TPSA) is 89.0 Å². The highest BCUT2D eigenvalue weighted by atomic mass is 32.2. The molecule has 1 unspecified atom stereocenters. The molecule has 0 saturated heterocycles. The van der Waals surface area contributed by atoms with Crippen molar-refractivity contribution < 1.29 is 8.95 Å². The van der Waals surface area contributed by atoms with Crippen molar-refractivity contribution in [1.29, 1.82) is 0 Å². The number of ether oxygens (including phenoxy) is 1. The first-order valence-corrected chi connectivity index (χ1v) is 8.89. The van der Waals surface area contributed by atoms with Gasteiger partial charge in [0.2, 0.25) is 11.9 Å². The van der Waals surface area contributed by atoms with Gasteiger partial charge in [-0.25, -0.2) is 0 Å². The predicted octanol–water partition coefficient (Wildman–Crippen LogP) is 1.66. The quantitative estimate of drug-likeness (QED) is 0.642. The van der Waals surface area contributed by atoms with E-state index >= 15 is 0 Å². The minimum atomic E-state index is -0.802. The molecule has 0 radical (unpaired) electrons. The largest absolute Gasteiger partial charge is 0.463 e. The molecule has 1 heterocycles. The van der Waals surface area contributed by atoms with E-state index in [1.165, 1.54) is 0 Å². The van der Waals surface area contributed by atoms with E-state index in [-0.39, 0.29) is 0 Å². The average Bonchev–Trinajstić information content (AvgIpc) is 2.50. The summed E-state index contributed by atoms with van der Waals surface area (Å²) in [4.78, 5) is 12.7. The van der Waals surface area contributed by atoms with Crippen LogP contribution in [-0.4, -0.2) is 50.4 Å². The zero-order chi connectivity index (χ0) is 15.5. The van der Waals surface area contributed by atoms with Crippen LogP contribution < -0.4 is 15.4 Å². The number of anilines is 2. The lowest BCUT2D eigenvalue weighted by Crippen LogP contribution is -2.16. The lowest BCUT2D eigenvalue weighted by molar-refractivity contribution is 0.292. The smallest absolute Gasteiger partial charge is 0.323 e. The minimum Gasteiger partial charge on any atom is -0.463 e. The van der Waals surface area contributed by atoms with Gasteiger partial charge in [-0.3, -0.25) is 4.21 Å². The highest BCUT2D eigenvalue weighted by Crippen LogP contribution is 2.11. The van der Waals surface area contributed by atoms with E-state index in [0.29, 0.717) is 42.6 Å². The summed E-state index contributed by atoms with van der Waals surface area (Å²) >= 11 is 0. The van der Waals surface area contributed by atoms with Crippen LogP contribution in [0.1, 0.15) is 33.6 Å². The van der Waals surface area contributed by atoms with Gasteiger partial charge in [0.25, 0.3) is 0 Å². The Hall–Kier alpha value is -1.44. The van der Waals surface area contributed by atoms with Crippen molar-refractivity contribution in [3.05, 3.63) is 0 Å². The number of rotatable bonds is 11. The second kappa shape index (κ2) is 10.3. The van der Waals surface area contributed by atoms with Gasteiger partial charge >= 0.3 is 6.01 Å². The van der Waals surface area contributed by atoms with Crippen molar-refractivity contribution in [2.24, 2.45) is 0 Å². The van der Waals surface area contributed by atoms with Crippen LogP contribution in [0.4, 0.5) is 11.9 Å². The molecule has 0 spiro atoms. The maximum absolute atomic E-state index is 11.4. The first-order valence-electron chi connectivity index (χ1n) is 7.41. The molecule has 0 saturated carbocycles. The first-order chi connectivity index (χ1) is 10.2. The number of nitrogens with zero attached hydrogens (tertiary/aromatic N) is 3. The van der Waals surface area contributed by atoms with Gasteiger partial charge in [-0.05, 0) is 12.8 Å². The Morgan fingerprint density at radius 3 is 2.24 bits per heavy atom. The third-order valence-electron chi connectivity index (χ3n) is 2.52. The second-order valence-electron chi connectivity index (χ2n) is 4.40. The van der Waals surface area contributed by atoms with E-state index in [1.54, 1.807) is 0 Å². The molecular formula is C13H25N5O2S. The minimum absolute atomic E-state index is 0.310. The molecule has 0 aliphatic heterocycles. The predicted molar refractivity (Wildman–Crippen MR) is 86.4 cm³/mol. The van der Waals surface area contributed by atoms with E-state index in [9.17, 15) is 4.21 Å². The molecule has 2 N–H and O–H groups in total. The molecule has 21 heavy (non-hydrogen) atoms. The molecule has 1 aromatic rings. The highest BCUT2D eigenvalue weighted by molar-refractivity contribution is 7.84. The molecule has 0 amide bonds. The lowest BCUT2D eigenvalue weighted by Gasteiger charge is -2.10.